The smallest absolute Gasteiger partial charge is 0.328 e. The molecule has 1 saturated carbocycles. The molecule has 2 aliphatic carbocycles. The summed E-state index contributed by atoms with van der Waals surface area (Å²) in [7, 11) is 0. The van der Waals surface area contributed by atoms with E-state index in [0.29, 0.717) is 31.8 Å². The lowest BCUT2D eigenvalue weighted by Gasteiger charge is -2.25. The molecule has 0 aliphatic heterocycles. The lowest BCUT2D eigenvalue weighted by atomic mass is 9.82. The first kappa shape index (κ1) is 25.9. The average Bonchev–Trinajstić information content (AvgIpc) is 3.29. The zero-order valence-corrected chi connectivity index (χ0v) is 22.3. The third kappa shape index (κ3) is 5.87. The van der Waals surface area contributed by atoms with Gasteiger partial charge in [-0.3, -0.25) is 9.78 Å². The molecule has 38 heavy (non-hydrogen) atoms. The summed E-state index contributed by atoms with van der Waals surface area (Å²) >= 11 is 0. The molecule has 0 amide bonds. The second kappa shape index (κ2) is 11.8. The Morgan fingerprint density at radius 2 is 1.89 bits per heavy atom. The van der Waals surface area contributed by atoms with Gasteiger partial charge in [-0.25, -0.2) is 9.78 Å². The van der Waals surface area contributed by atoms with Gasteiger partial charge in [0, 0.05) is 53.3 Å². The summed E-state index contributed by atoms with van der Waals surface area (Å²) in [6.07, 6.45) is 11.0. The number of carbonyl (C=O) groups excluding carboxylic acids is 2. The van der Waals surface area contributed by atoms with Gasteiger partial charge in [-0.15, -0.1) is 0 Å². The highest BCUT2D eigenvalue weighted by molar-refractivity contribution is 5.99. The van der Waals surface area contributed by atoms with E-state index >= 15 is 0 Å². The van der Waals surface area contributed by atoms with Crippen molar-refractivity contribution in [1.29, 1.82) is 0 Å². The van der Waals surface area contributed by atoms with Crippen molar-refractivity contribution in [3.05, 3.63) is 71.3 Å². The number of anilines is 2. The molecule has 0 spiro atoms. The average molecular weight is 513 g/mol. The quantitative estimate of drug-likeness (QED) is 0.343. The normalized spacial score (nSPS) is 17.1. The number of aromatic nitrogens is 2. The molecule has 198 valence electrons. The monoisotopic (exact) mass is 512 g/mol. The molecule has 3 aromatic rings. The van der Waals surface area contributed by atoms with Crippen molar-refractivity contribution in [3.63, 3.8) is 0 Å². The molecule has 7 heteroatoms. The molecule has 0 unspecified atom stereocenters. The number of benzene rings is 1. The van der Waals surface area contributed by atoms with Gasteiger partial charge in [0.05, 0.1) is 6.61 Å². The number of hydrogen-bond donors (Lipinski definition) is 2. The van der Waals surface area contributed by atoms with Crippen molar-refractivity contribution in [2.75, 3.05) is 11.9 Å². The molecule has 2 aromatic heterocycles. The lowest BCUT2D eigenvalue weighted by molar-refractivity contribution is -0.145. The second-order valence-electron chi connectivity index (χ2n) is 10.3. The largest absolute Gasteiger partial charge is 0.464 e. The number of allylic oxidation sites excluding steroid dienone is 2. The van der Waals surface area contributed by atoms with E-state index in [9.17, 15) is 9.59 Å². The number of Topliss-reactive ketones (excluding diaryl/α,β-unsaturated/α-hetero) is 1. The Kier molecular flexibility index (Phi) is 8.01. The maximum Gasteiger partial charge on any atom is 0.328 e. The van der Waals surface area contributed by atoms with Crippen LogP contribution >= 0.6 is 0 Å². The molecule has 0 saturated heterocycles. The van der Waals surface area contributed by atoms with Gasteiger partial charge in [-0.1, -0.05) is 31.4 Å². The van der Waals surface area contributed by atoms with Crippen molar-refractivity contribution in [3.8, 4) is 0 Å². The van der Waals surface area contributed by atoms with E-state index in [4.69, 9.17) is 4.74 Å². The van der Waals surface area contributed by atoms with E-state index < -0.39 is 6.04 Å². The van der Waals surface area contributed by atoms with E-state index in [-0.39, 0.29) is 11.8 Å². The van der Waals surface area contributed by atoms with E-state index in [1.54, 1.807) is 6.20 Å². The summed E-state index contributed by atoms with van der Waals surface area (Å²) in [6, 6.07) is 11.5. The van der Waals surface area contributed by atoms with Gasteiger partial charge in [0.25, 0.3) is 0 Å². The highest BCUT2D eigenvalue weighted by Gasteiger charge is 2.33. The Balaban J connectivity index is 1.33. The third-order valence-corrected chi connectivity index (χ3v) is 7.58. The Hall–Kier alpha value is -3.74. The van der Waals surface area contributed by atoms with Gasteiger partial charge in [0.1, 0.15) is 11.9 Å². The fraction of sp³-hybridized carbons (Fsp3) is 0.419. The fourth-order valence-electron chi connectivity index (χ4n) is 5.75. The summed E-state index contributed by atoms with van der Waals surface area (Å²) in [5, 5.41) is 8.92. The standard InChI is InChI=1S/C31H36N4O3/c1-3-38-31(37)27(35-26-13-14-28(36)29(26)22-7-5-4-6-8-22)18-21-9-11-24(12-10-21)34-30-25-19-32-16-15-23(25)17-20(2)33-30/h9-12,15-17,19,22,27,35H,3-8,13-14,18H2,1-2H3,(H,33,34)/t27-/m0/s1. The van der Waals surface area contributed by atoms with Crippen LogP contribution in [0.3, 0.4) is 0 Å². The number of fused-ring (bicyclic) bond motifs is 1. The number of hydrogen-bond acceptors (Lipinski definition) is 7. The molecule has 2 heterocycles. The maximum atomic E-state index is 12.9. The predicted octanol–water partition coefficient (Wildman–Crippen LogP) is 5.94. The van der Waals surface area contributed by atoms with Crippen molar-refractivity contribution in [1.82, 2.24) is 15.3 Å². The lowest BCUT2D eigenvalue weighted by Crippen LogP contribution is -2.40. The maximum absolute atomic E-state index is 12.9. The van der Waals surface area contributed by atoms with E-state index in [0.717, 1.165) is 57.6 Å². The summed E-state index contributed by atoms with van der Waals surface area (Å²) in [6.45, 7) is 4.11. The van der Waals surface area contributed by atoms with Crippen LogP contribution in [0.5, 0.6) is 0 Å². The van der Waals surface area contributed by atoms with Crippen LogP contribution in [-0.4, -0.2) is 34.4 Å². The number of pyridine rings is 2. The van der Waals surface area contributed by atoms with Crippen LogP contribution in [-0.2, 0) is 20.7 Å². The Morgan fingerprint density at radius 1 is 1.11 bits per heavy atom. The number of nitrogens with one attached hydrogen (secondary N) is 2. The number of aryl methyl sites for hydroxylation is 1. The molecule has 1 atom stereocenters. The summed E-state index contributed by atoms with van der Waals surface area (Å²) in [4.78, 5) is 34.6. The van der Waals surface area contributed by atoms with Gasteiger partial charge in [0.2, 0.25) is 0 Å². The molecule has 2 aliphatic rings. The molecule has 0 radical (unpaired) electrons. The summed E-state index contributed by atoms with van der Waals surface area (Å²) in [5.41, 5.74) is 4.73. The Morgan fingerprint density at radius 3 is 2.66 bits per heavy atom. The van der Waals surface area contributed by atoms with E-state index in [2.05, 4.69) is 20.6 Å². The van der Waals surface area contributed by atoms with Gasteiger partial charge in [-0.05, 0) is 74.2 Å². The number of rotatable bonds is 9. The Labute approximate surface area is 224 Å². The van der Waals surface area contributed by atoms with Crippen LogP contribution in [0.2, 0.25) is 0 Å². The zero-order chi connectivity index (χ0) is 26.5. The van der Waals surface area contributed by atoms with Gasteiger partial charge >= 0.3 is 5.97 Å². The highest BCUT2D eigenvalue weighted by Crippen LogP contribution is 2.36. The van der Waals surface area contributed by atoms with Gasteiger partial charge in [-0.2, -0.15) is 0 Å². The van der Waals surface area contributed by atoms with Crippen LogP contribution in [0.1, 0.15) is 63.1 Å². The number of carbonyl (C=O) groups is 2. The summed E-state index contributed by atoms with van der Waals surface area (Å²) < 4.78 is 5.41. The van der Waals surface area contributed by atoms with E-state index in [1.807, 2.05) is 56.4 Å². The fourth-order valence-corrected chi connectivity index (χ4v) is 5.75. The third-order valence-electron chi connectivity index (χ3n) is 7.58. The minimum atomic E-state index is -0.540. The number of ether oxygens (including phenoxy) is 1. The summed E-state index contributed by atoms with van der Waals surface area (Å²) in [5.74, 6) is 1.04. The van der Waals surface area contributed by atoms with Crippen LogP contribution in [0, 0.1) is 12.8 Å². The van der Waals surface area contributed by atoms with Crippen LogP contribution in [0.25, 0.3) is 10.8 Å². The van der Waals surface area contributed by atoms with Crippen LogP contribution in [0.15, 0.2) is 60.1 Å². The van der Waals surface area contributed by atoms with Crippen LogP contribution < -0.4 is 10.6 Å². The Bertz CT molecular complexity index is 1340. The molecule has 0 bridgehead atoms. The minimum Gasteiger partial charge on any atom is -0.464 e. The van der Waals surface area contributed by atoms with Crippen molar-refractivity contribution in [2.45, 2.75) is 71.3 Å². The highest BCUT2D eigenvalue weighted by atomic mass is 16.5. The number of nitrogens with zero attached hydrogens (tertiary/aromatic N) is 2. The molecule has 1 aromatic carbocycles. The van der Waals surface area contributed by atoms with Gasteiger partial charge in [0.15, 0.2) is 5.78 Å². The SMILES string of the molecule is CCOC(=O)[C@H](Cc1ccc(Nc2nc(C)cc3ccncc23)cc1)NC1=C(C2CCCCC2)C(=O)CC1. The minimum absolute atomic E-state index is 0.241. The predicted molar refractivity (Wildman–Crippen MR) is 149 cm³/mol. The molecular weight excluding hydrogens is 476 g/mol. The molecule has 7 nitrogen and oxygen atoms in total. The van der Waals surface area contributed by atoms with Crippen LogP contribution in [0.4, 0.5) is 11.5 Å². The molecule has 1 fully saturated rings. The first-order chi connectivity index (χ1) is 18.5. The molecule has 2 N–H and O–H groups in total. The first-order valence-corrected chi connectivity index (χ1v) is 13.8. The zero-order valence-electron chi connectivity index (χ0n) is 22.3. The number of esters is 1. The van der Waals surface area contributed by atoms with Crippen molar-refractivity contribution >= 4 is 34.0 Å². The van der Waals surface area contributed by atoms with Gasteiger partial charge < -0.3 is 15.4 Å². The first-order valence-electron chi connectivity index (χ1n) is 13.8. The van der Waals surface area contributed by atoms with Crippen molar-refractivity contribution in [2.24, 2.45) is 5.92 Å². The molecular formula is C31H36N4O3. The second-order valence-corrected chi connectivity index (χ2v) is 10.3. The van der Waals surface area contributed by atoms with Crippen molar-refractivity contribution < 1.29 is 14.3 Å². The topological polar surface area (TPSA) is 93.2 Å². The molecule has 5 rings (SSSR count). The van der Waals surface area contributed by atoms with E-state index in [1.165, 1.54) is 19.3 Å². The number of ketones is 1.